The van der Waals surface area contributed by atoms with Crippen LogP contribution in [-0.4, -0.2) is 19.8 Å². The van der Waals surface area contributed by atoms with Crippen LogP contribution in [0.5, 0.6) is 5.75 Å². The first-order valence-corrected chi connectivity index (χ1v) is 4.87. The highest BCUT2D eigenvalue weighted by molar-refractivity contribution is 5.68. The van der Waals surface area contributed by atoms with Gasteiger partial charge in [-0.2, -0.15) is 0 Å². The van der Waals surface area contributed by atoms with Crippen molar-refractivity contribution in [1.29, 1.82) is 0 Å². The second-order valence-electron chi connectivity index (χ2n) is 3.39. The Labute approximate surface area is 88.2 Å². The van der Waals surface area contributed by atoms with Crippen molar-refractivity contribution in [2.75, 3.05) is 13.7 Å². The van der Waals surface area contributed by atoms with Gasteiger partial charge in [0.1, 0.15) is 5.75 Å². The summed E-state index contributed by atoms with van der Waals surface area (Å²) in [5.74, 6) is 0.817. The number of nitrogens with one attached hydrogen (secondary N) is 1. The van der Waals surface area contributed by atoms with Gasteiger partial charge in [0.25, 0.3) is 0 Å². The number of hydrogen-bond acceptors (Lipinski definition) is 3. The van der Waals surface area contributed by atoms with Gasteiger partial charge in [-0.15, -0.1) is 0 Å². The molecule has 1 saturated heterocycles. The number of amides is 1. The Bertz CT molecular complexity index is 347. The summed E-state index contributed by atoms with van der Waals surface area (Å²) in [4.78, 5) is 11.0. The van der Waals surface area contributed by atoms with E-state index in [0.717, 1.165) is 17.7 Å². The summed E-state index contributed by atoms with van der Waals surface area (Å²) in [6, 6.07) is 7.73. The molecule has 0 bridgehead atoms. The van der Waals surface area contributed by atoms with Crippen LogP contribution in [0.15, 0.2) is 24.3 Å². The number of ether oxygens (including phenoxy) is 2. The molecular weight excluding hydrogens is 194 g/mol. The van der Waals surface area contributed by atoms with Crippen LogP contribution >= 0.6 is 0 Å². The number of hydrogen-bond donors (Lipinski definition) is 1. The first kappa shape index (κ1) is 9.83. The highest BCUT2D eigenvalue weighted by Gasteiger charge is 2.20. The van der Waals surface area contributed by atoms with Crippen molar-refractivity contribution >= 4 is 6.09 Å². The monoisotopic (exact) mass is 207 g/mol. The lowest BCUT2D eigenvalue weighted by Gasteiger charge is -2.23. The molecule has 0 saturated carbocycles. The Balaban J connectivity index is 2.11. The third-order valence-electron chi connectivity index (χ3n) is 2.45. The molecule has 15 heavy (non-hydrogen) atoms. The van der Waals surface area contributed by atoms with Crippen LogP contribution in [0.25, 0.3) is 0 Å². The minimum Gasteiger partial charge on any atom is -0.497 e. The van der Waals surface area contributed by atoms with Crippen LogP contribution in [-0.2, 0) is 4.74 Å². The maximum atomic E-state index is 11.0. The first-order valence-electron chi connectivity index (χ1n) is 4.87. The van der Waals surface area contributed by atoms with Crippen LogP contribution in [0.1, 0.15) is 18.0 Å². The normalized spacial score (nSPS) is 20.3. The van der Waals surface area contributed by atoms with E-state index >= 15 is 0 Å². The molecule has 1 aliphatic heterocycles. The summed E-state index contributed by atoms with van der Waals surface area (Å²) in [5, 5.41) is 2.77. The summed E-state index contributed by atoms with van der Waals surface area (Å²) in [6.45, 7) is 0.475. The molecule has 4 heteroatoms. The number of alkyl carbamates (subject to hydrolysis) is 1. The molecule has 0 unspecified atom stereocenters. The lowest BCUT2D eigenvalue weighted by molar-refractivity contribution is 0.115. The molecule has 1 aliphatic rings. The summed E-state index contributed by atoms with van der Waals surface area (Å²) >= 11 is 0. The van der Waals surface area contributed by atoms with E-state index in [2.05, 4.69) is 5.32 Å². The van der Waals surface area contributed by atoms with Crippen LogP contribution < -0.4 is 10.1 Å². The van der Waals surface area contributed by atoms with Crippen molar-refractivity contribution in [3.8, 4) is 5.75 Å². The second kappa shape index (κ2) is 4.21. The number of benzene rings is 1. The predicted molar refractivity (Wildman–Crippen MR) is 54.8 cm³/mol. The van der Waals surface area contributed by atoms with Gasteiger partial charge >= 0.3 is 6.09 Å². The van der Waals surface area contributed by atoms with Crippen molar-refractivity contribution < 1.29 is 14.3 Å². The summed E-state index contributed by atoms with van der Waals surface area (Å²) in [7, 11) is 1.63. The molecule has 1 heterocycles. The largest absolute Gasteiger partial charge is 0.497 e. The number of rotatable bonds is 2. The van der Waals surface area contributed by atoms with E-state index in [4.69, 9.17) is 9.47 Å². The lowest BCUT2D eigenvalue weighted by atomic mass is 10.0. The summed E-state index contributed by atoms with van der Waals surface area (Å²) in [6.07, 6.45) is 0.458. The van der Waals surface area contributed by atoms with Crippen LogP contribution in [0.4, 0.5) is 4.79 Å². The predicted octanol–water partition coefficient (Wildman–Crippen LogP) is 1.87. The Kier molecular flexibility index (Phi) is 2.76. The number of carbonyl (C=O) groups is 1. The van der Waals surface area contributed by atoms with Gasteiger partial charge in [0.2, 0.25) is 0 Å². The smallest absolute Gasteiger partial charge is 0.407 e. The third kappa shape index (κ3) is 2.21. The maximum absolute atomic E-state index is 11.0. The summed E-state index contributed by atoms with van der Waals surface area (Å²) < 4.78 is 9.87. The molecule has 1 fully saturated rings. The van der Waals surface area contributed by atoms with E-state index in [1.807, 2.05) is 24.3 Å². The average molecular weight is 207 g/mol. The fourth-order valence-electron chi connectivity index (χ4n) is 1.61. The fourth-order valence-corrected chi connectivity index (χ4v) is 1.61. The highest BCUT2D eigenvalue weighted by Crippen LogP contribution is 2.22. The Morgan fingerprint density at radius 2 is 2.13 bits per heavy atom. The van der Waals surface area contributed by atoms with Gasteiger partial charge in [-0.25, -0.2) is 4.79 Å². The topological polar surface area (TPSA) is 47.6 Å². The van der Waals surface area contributed by atoms with Gasteiger partial charge < -0.3 is 14.8 Å². The number of cyclic esters (lactones) is 1. The second-order valence-corrected chi connectivity index (χ2v) is 3.39. The van der Waals surface area contributed by atoms with E-state index in [0.29, 0.717) is 6.61 Å². The molecule has 1 aromatic rings. The third-order valence-corrected chi connectivity index (χ3v) is 2.45. The molecule has 1 amide bonds. The van der Waals surface area contributed by atoms with E-state index < -0.39 is 0 Å². The highest BCUT2D eigenvalue weighted by atomic mass is 16.5. The Morgan fingerprint density at radius 3 is 2.73 bits per heavy atom. The maximum Gasteiger partial charge on any atom is 0.407 e. The zero-order valence-corrected chi connectivity index (χ0v) is 8.53. The molecule has 0 aromatic heterocycles. The van der Waals surface area contributed by atoms with Gasteiger partial charge in [0.15, 0.2) is 0 Å². The molecule has 0 radical (unpaired) electrons. The van der Waals surface area contributed by atoms with Crippen molar-refractivity contribution in [2.24, 2.45) is 0 Å². The lowest BCUT2D eigenvalue weighted by Crippen LogP contribution is -2.35. The molecule has 1 aromatic carbocycles. The van der Waals surface area contributed by atoms with E-state index in [1.165, 1.54) is 0 Å². The molecule has 0 spiro atoms. The van der Waals surface area contributed by atoms with Gasteiger partial charge in [-0.1, -0.05) is 12.1 Å². The quantitative estimate of drug-likeness (QED) is 0.805. The van der Waals surface area contributed by atoms with E-state index in [1.54, 1.807) is 7.11 Å². The zero-order valence-electron chi connectivity index (χ0n) is 8.53. The van der Waals surface area contributed by atoms with E-state index in [9.17, 15) is 4.79 Å². The number of carbonyl (C=O) groups excluding carboxylic acids is 1. The van der Waals surface area contributed by atoms with Crippen molar-refractivity contribution in [3.63, 3.8) is 0 Å². The van der Waals surface area contributed by atoms with Gasteiger partial charge in [0.05, 0.1) is 19.8 Å². The fraction of sp³-hybridized carbons (Fsp3) is 0.364. The van der Waals surface area contributed by atoms with Crippen LogP contribution in [0.2, 0.25) is 0 Å². The molecular formula is C11H13NO3. The molecule has 80 valence electrons. The van der Waals surface area contributed by atoms with Crippen molar-refractivity contribution in [1.82, 2.24) is 5.32 Å². The van der Waals surface area contributed by atoms with Crippen molar-refractivity contribution in [2.45, 2.75) is 12.5 Å². The minimum absolute atomic E-state index is 0.0529. The Morgan fingerprint density at radius 1 is 1.40 bits per heavy atom. The van der Waals surface area contributed by atoms with Crippen LogP contribution in [0, 0.1) is 0 Å². The molecule has 1 N–H and O–H groups in total. The summed E-state index contributed by atoms with van der Waals surface area (Å²) in [5.41, 5.74) is 1.08. The average Bonchev–Trinajstić information content (AvgIpc) is 2.29. The molecule has 1 atom stereocenters. The van der Waals surface area contributed by atoms with Crippen molar-refractivity contribution in [3.05, 3.63) is 29.8 Å². The molecule has 4 nitrogen and oxygen atoms in total. The van der Waals surface area contributed by atoms with Crippen LogP contribution in [0.3, 0.4) is 0 Å². The zero-order chi connectivity index (χ0) is 10.7. The SMILES string of the molecule is COc1ccc([C@H]2CCOC(=O)N2)cc1. The molecule has 2 rings (SSSR count). The number of methoxy groups -OCH3 is 1. The minimum atomic E-state index is -0.345. The van der Waals surface area contributed by atoms with Gasteiger partial charge in [-0.05, 0) is 17.7 Å². The Hall–Kier alpha value is -1.71. The van der Waals surface area contributed by atoms with E-state index in [-0.39, 0.29) is 12.1 Å². The molecule has 0 aliphatic carbocycles. The van der Waals surface area contributed by atoms with Gasteiger partial charge in [0, 0.05) is 6.42 Å². The van der Waals surface area contributed by atoms with Gasteiger partial charge in [-0.3, -0.25) is 0 Å². The standard InChI is InChI=1S/C11H13NO3/c1-14-9-4-2-8(3-5-9)10-6-7-15-11(13)12-10/h2-5,10H,6-7H2,1H3,(H,12,13)/t10-/m1/s1. The first-order chi connectivity index (χ1) is 7.29.